The summed E-state index contributed by atoms with van der Waals surface area (Å²) in [6.07, 6.45) is 0. The summed E-state index contributed by atoms with van der Waals surface area (Å²) in [5.41, 5.74) is -0.438. The summed E-state index contributed by atoms with van der Waals surface area (Å²) in [4.78, 5) is 13.6. The summed E-state index contributed by atoms with van der Waals surface area (Å²) >= 11 is 0. The van der Waals surface area contributed by atoms with Gasteiger partial charge in [-0.3, -0.25) is 4.79 Å². The van der Waals surface area contributed by atoms with Crippen LogP contribution >= 0.6 is 0 Å². The summed E-state index contributed by atoms with van der Waals surface area (Å²) in [7, 11) is 1.81. The molecule has 72 valence electrons. The molecule has 0 fully saturated rings. The van der Waals surface area contributed by atoms with Gasteiger partial charge in [0.1, 0.15) is 0 Å². The Balaban J connectivity index is 4.35. The van der Waals surface area contributed by atoms with Crippen LogP contribution in [-0.4, -0.2) is 36.5 Å². The van der Waals surface area contributed by atoms with Crippen molar-refractivity contribution in [1.29, 1.82) is 0 Å². The first kappa shape index (κ1) is 11.4. The Bertz CT molecular complexity index is 151. The number of rotatable bonds is 4. The maximum atomic E-state index is 11.7. The Morgan fingerprint density at radius 2 is 1.75 bits per heavy atom. The molecule has 0 radical (unpaired) electrons. The number of likely N-dealkylation sites (N-methyl/N-ethyl adjacent to an activating group) is 2. The Morgan fingerprint density at radius 1 is 1.33 bits per heavy atom. The lowest BCUT2D eigenvalue weighted by Crippen LogP contribution is -2.52. The first-order valence-corrected chi connectivity index (χ1v) is 4.47. The van der Waals surface area contributed by atoms with E-state index < -0.39 is 5.54 Å². The second-order valence-electron chi connectivity index (χ2n) is 3.35. The van der Waals surface area contributed by atoms with Crippen LogP contribution in [0, 0.1) is 0 Å². The average Bonchev–Trinajstić information content (AvgIpc) is 2.06. The summed E-state index contributed by atoms with van der Waals surface area (Å²) in [6.45, 7) is 9.34. The molecule has 0 aliphatic rings. The molecule has 0 aliphatic carbocycles. The van der Waals surface area contributed by atoms with Gasteiger partial charge in [0, 0.05) is 13.1 Å². The topological polar surface area (TPSA) is 32.3 Å². The summed E-state index contributed by atoms with van der Waals surface area (Å²) < 4.78 is 0. The zero-order valence-electron chi connectivity index (χ0n) is 8.77. The molecule has 0 saturated heterocycles. The zero-order valence-corrected chi connectivity index (χ0v) is 8.77. The fraction of sp³-hybridized carbons (Fsp3) is 0.889. The Labute approximate surface area is 75.1 Å². The Morgan fingerprint density at radius 3 is 2.00 bits per heavy atom. The van der Waals surface area contributed by atoms with Crippen LogP contribution in [0.3, 0.4) is 0 Å². The van der Waals surface area contributed by atoms with Crippen molar-refractivity contribution < 1.29 is 4.79 Å². The normalized spacial score (nSPS) is 11.4. The number of amides is 1. The van der Waals surface area contributed by atoms with Crippen LogP contribution in [0.25, 0.3) is 0 Å². The monoisotopic (exact) mass is 172 g/mol. The van der Waals surface area contributed by atoms with Crippen LogP contribution in [0.4, 0.5) is 0 Å². The highest BCUT2D eigenvalue weighted by Crippen LogP contribution is 2.06. The molecular weight excluding hydrogens is 152 g/mol. The van der Waals surface area contributed by atoms with Gasteiger partial charge in [-0.2, -0.15) is 0 Å². The second kappa shape index (κ2) is 4.45. The van der Waals surface area contributed by atoms with Crippen LogP contribution in [0.2, 0.25) is 0 Å². The third-order valence-corrected chi connectivity index (χ3v) is 2.21. The van der Waals surface area contributed by atoms with Crippen LogP contribution in [0.1, 0.15) is 27.7 Å². The number of nitrogens with zero attached hydrogens (tertiary/aromatic N) is 1. The fourth-order valence-corrected chi connectivity index (χ4v) is 1.01. The zero-order chi connectivity index (χ0) is 9.78. The van der Waals surface area contributed by atoms with Gasteiger partial charge in [-0.1, -0.05) is 0 Å². The molecule has 0 heterocycles. The van der Waals surface area contributed by atoms with Crippen molar-refractivity contribution in [2.45, 2.75) is 33.2 Å². The minimum absolute atomic E-state index is 0.162. The standard InChI is InChI=1S/C9H20N2O/c1-6-11(7-2)8(12)9(3,4)10-5/h10H,6-7H2,1-5H3. The Kier molecular flexibility index (Phi) is 4.24. The minimum atomic E-state index is -0.438. The van der Waals surface area contributed by atoms with E-state index in [4.69, 9.17) is 0 Å². The predicted molar refractivity (Wildman–Crippen MR) is 51.1 cm³/mol. The molecule has 0 unspecified atom stereocenters. The molecule has 0 rings (SSSR count). The largest absolute Gasteiger partial charge is 0.342 e. The van der Waals surface area contributed by atoms with Gasteiger partial charge in [0.05, 0.1) is 5.54 Å². The molecule has 1 N–H and O–H groups in total. The van der Waals surface area contributed by atoms with Crippen molar-refractivity contribution in [3.05, 3.63) is 0 Å². The molecule has 0 aromatic rings. The molecular formula is C9H20N2O. The van der Waals surface area contributed by atoms with E-state index in [0.717, 1.165) is 13.1 Å². The number of carbonyl (C=O) groups excluding carboxylic acids is 1. The first-order valence-electron chi connectivity index (χ1n) is 4.47. The minimum Gasteiger partial charge on any atom is -0.342 e. The predicted octanol–water partition coefficient (Wildman–Crippen LogP) is 0.853. The highest BCUT2D eigenvalue weighted by atomic mass is 16.2. The first-order chi connectivity index (χ1) is 5.49. The van der Waals surface area contributed by atoms with Gasteiger partial charge in [0.15, 0.2) is 0 Å². The van der Waals surface area contributed by atoms with Crippen LogP contribution < -0.4 is 5.32 Å². The maximum absolute atomic E-state index is 11.7. The molecule has 0 bridgehead atoms. The molecule has 0 aromatic carbocycles. The van der Waals surface area contributed by atoms with E-state index in [-0.39, 0.29) is 5.91 Å². The van der Waals surface area contributed by atoms with E-state index in [1.165, 1.54) is 0 Å². The third-order valence-electron chi connectivity index (χ3n) is 2.21. The summed E-state index contributed by atoms with van der Waals surface area (Å²) in [6, 6.07) is 0. The van der Waals surface area contributed by atoms with Gasteiger partial charge in [-0.05, 0) is 34.7 Å². The van der Waals surface area contributed by atoms with Gasteiger partial charge in [-0.25, -0.2) is 0 Å². The number of hydrogen-bond acceptors (Lipinski definition) is 2. The smallest absolute Gasteiger partial charge is 0.242 e. The molecule has 3 heteroatoms. The van der Waals surface area contributed by atoms with Crippen molar-refractivity contribution in [3.8, 4) is 0 Å². The third kappa shape index (κ3) is 2.48. The lowest BCUT2D eigenvalue weighted by Gasteiger charge is -2.30. The van der Waals surface area contributed by atoms with Crippen molar-refractivity contribution in [2.75, 3.05) is 20.1 Å². The number of carbonyl (C=O) groups is 1. The maximum Gasteiger partial charge on any atom is 0.242 e. The molecule has 0 saturated carbocycles. The molecule has 0 atom stereocenters. The number of nitrogens with one attached hydrogen (secondary N) is 1. The lowest BCUT2D eigenvalue weighted by atomic mass is 10.0. The summed E-state index contributed by atoms with van der Waals surface area (Å²) in [5, 5.41) is 3.00. The molecule has 0 spiro atoms. The summed E-state index contributed by atoms with van der Waals surface area (Å²) in [5.74, 6) is 0.162. The van der Waals surface area contributed by atoms with Crippen LogP contribution in [0.5, 0.6) is 0 Å². The van der Waals surface area contributed by atoms with Gasteiger partial charge >= 0.3 is 0 Å². The fourth-order valence-electron chi connectivity index (χ4n) is 1.01. The van der Waals surface area contributed by atoms with E-state index in [1.54, 1.807) is 7.05 Å². The van der Waals surface area contributed by atoms with Gasteiger partial charge in [0.25, 0.3) is 0 Å². The lowest BCUT2D eigenvalue weighted by molar-refractivity contribution is -0.136. The van der Waals surface area contributed by atoms with E-state index in [0.29, 0.717) is 0 Å². The van der Waals surface area contributed by atoms with Crippen molar-refractivity contribution in [1.82, 2.24) is 10.2 Å². The molecule has 1 amide bonds. The second-order valence-corrected chi connectivity index (χ2v) is 3.35. The molecule has 3 nitrogen and oxygen atoms in total. The highest BCUT2D eigenvalue weighted by Gasteiger charge is 2.28. The van der Waals surface area contributed by atoms with E-state index in [2.05, 4.69) is 5.32 Å². The van der Waals surface area contributed by atoms with Crippen molar-refractivity contribution in [3.63, 3.8) is 0 Å². The van der Waals surface area contributed by atoms with Gasteiger partial charge < -0.3 is 10.2 Å². The molecule has 0 aromatic heterocycles. The highest BCUT2D eigenvalue weighted by molar-refractivity contribution is 5.85. The molecule has 0 aliphatic heterocycles. The van der Waals surface area contributed by atoms with E-state index >= 15 is 0 Å². The van der Waals surface area contributed by atoms with E-state index in [1.807, 2.05) is 32.6 Å². The van der Waals surface area contributed by atoms with Crippen LogP contribution in [-0.2, 0) is 4.79 Å². The van der Waals surface area contributed by atoms with Crippen molar-refractivity contribution >= 4 is 5.91 Å². The van der Waals surface area contributed by atoms with E-state index in [9.17, 15) is 4.79 Å². The SMILES string of the molecule is CCN(CC)C(=O)C(C)(C)NC. The van der Waals surface area contributed by atoms with Crippen LogP contribution in [0.15, 0.2) is 0 Å². The molecule has 12 heavy (non-hydrogen) atoms. The Hall–Kier alpha value is -0.570. The van der Waals surface area contributed by atoms with Crippen molar-refractivity contribution in [2.24, 2.45) is 0 Å². The quantitative estimate of drug-likeness (QED) is 0.682. The number of hydrogen-bond donors (Lipinski definition) is 1. The van der Waals surface area contributed by atoms with Gasteiger partial charge in [-0.15, -0.1) is 0 Å². The van der Waals surface area contributed by atoms with Gasteiger partial charge in [0.2, 0.25) is 5.91 Å². The average molecular weight is 172 g/mol.